The molecule has 1 aromatic carbocycles. The minimum Gasteiger partial charge on any atom is -0.356 e. The molecular formula is C16H21Cl2IN4S. The van der Waals surface area contributed by atoms with Gasteiger partial charge in [0, 0.05) is 42.0 Å². The predicted molar refractivity (Wildman–Crippen MR) is 116 cm³/mol. The van der Waals surface area contributed by atoms with Crippen LogP contribution in [0.2, 0.25) is 10.0 Å². The zero-order valence-corrected chi connectivity index (χ0v) is 18.3. The van der Waals surface area contributed by atoms with E-state index in [1.54, 1.807) is 18.4 Å². The minimum atomic E-state index is 0. The van der Waals surface area contributed by atoms with E-state index in [1.165, 1.54) is 0 Å². The Bertz CT molecular complexity index is 656. The van der Waals surface area contributed by atoms with Crippen LogP contribution in [0.4, 0.5) is 0 Å². The summed E-state index contributed by atoms with van der Waals surface area (Å²) in [4.78, 5) is 8.65. The standard InChI is InChI=1S/C16H20Cl2N4S.HI/c1-11-22-12(10-23-11)6-8-20-16(19-2)21-9-7-13-14(17)4-3-5-15(13)18;/h3-5,10H,6-9H2,1-2H3,(H2,19,20,21);1H. The summed E-state index contributed by atoms with van der Waals surface area (Å²) in [6.07, 6.45) is 1.62. The summed E-state index contributed by atoms with van der Waals surface area (Å²) in [5, 5.41) is 11.1. The molecule has 0 atom stereocenters. The fraction of sp³-hybridized carbons (Fsp3) is 0.375. The molecule has 24 heavy (non-hydrogen) atoms. The van der Waals surface area contributed by atoms with Crippen LogP contribution in [0.25, 0.3) is 0 Å². The third kappa shape index (κ3) is 6.74. The average Bonchev–Trinajstić information content (AvgIpc) is 2.94. The first-order valence-corrected chi connectivity index (χ1v) is 9.02. The van der Waals surface area contributed by atoms with Gasteiger partial charge < -0.3 is 10.6 Å². The van der Waals surface area contributed by atoms with Gasteiger partial charge in [-0.3, -0.25) is 4.99 Å². The van der Waals surface area contributed by atoms with E-state index in [-0.39, 0.29) is 24.0 Å². The molecule has 0 radical (unpaired) electrons. The Balaban J connectivity index is 0.00000288. The maximum Gasteiger partial charge on any atom is 0.190 e. The number of thiazole rings is 1. The first-order chi connectivity index (χ1) is 11.1. The van der Waals surface area contributed by atoms with Crippen LogP contribution in [-0.4, -0.2) is 31.1 Å². The van der Waals surface area contributed by atoms with Gasteiger partial charge in [0.2, 0.25) is 0 Å². The van der Waals surface area contributed by atoms with E-state index >= 15 is 0 Å². The summed E-state index contributed by atoms with van der Waals surface area (Å²) >= 11 is 14.0. The second-order valence-electron chi connectivity index (χ2n) is 4.98. The van der Waals surface area contributed by atoms with Crippen molar-refractivity contribution < 1.29 is 0 Å². The molecule has 0 spiro atoms. The van der Waals surface area contributed by atoms with Gasteiger partial charge in [0.05, 0.1) is 10.7 Å². The van der Waals surface area contributed by atoms with E-state index in [0.717, 1.165) is 41.6 Å². The molecular weight excluding hydrogens is 478 g/mol. The molecule has 2 rings (SSSR count). The second-order valence-corrected chi connectivity index (χ2v) is 6.86. The van der Waals surface area contributed by atoms with Crippen LogP contribution >= 0.6 is 58.5 Å². The molecule has 0 bridgehead atoms. The summed E-state index contributed by atoms with van der Waals surface area (Å²) in [6.45, 7) is 3.51. The lowest BCUT2D eigenvalue weighted by atomic mass is 10.1. The monoisotopic (exact) mass is 498 g/mol. The molecule has 0 aliphatic heterocycles. The lowest BCUT2D eigenvalue weighted by Gasteiger charge is -2.12. The van der Waals surface area contributed by atoms with Crippen molar-refractivity contribution in [3.8, 4) is 0 Å². The van der Waals surface area contributed by atoms with Crippen molar-refractivity contribution in [2.75, 3.05) is 20.1 Å². The normalized spacial score (nSPS) is 11.1. The third-order valence-corrected chi connectivity index (χ3v) is 4.82. The number of hydrogen-bond donors (Lipinski definition) is 2. The van der Waals surface area contributed by atoms with Crippen molar-refractivity contribution in [1.82, 2.24) is 15.6 Å². The van der Waals surface area contributed by atoms with Gasteiger partial charge in [0.25, 0.3) is 0 Å². The molecule has 132 valence electrons. The van der Waals surface area contributed by atoms with Crippen molar-refractivity contribution >= 4 is 64.5 Å². The molecule has 8 heteroatoms. The molecule has 0 unspecified atom stereocenters. The van der Waals surface area contributed by atoms with Gasteiger partial charge in [-0.15, -0.1) is 35.3 Å². The van der Waals surface area contributed by atoms with Crippen LogP contribution in [0.15, 0.2) is 28.6 Å². The van der Waals surface area contributed by atoms with E-state index in [1.807, 2.05) is 25.1 Å². The Hall–Kier alpha value is -0.570. The maximum atomic E-state index is 6.17. The molecule has 0 saturated heterocycles. The first kappa shape index (κ1) is 21.5. The largest absolute Gasteiger partial charge is 0.356 e. The summed E-state index contributed by atoms with van der Waals surface area (Å²) in [6, 6.07) is 5.56. The molecule has 0 aliphatic carbocycles. The lowest BCUT2D eigenvalue weighted by Crippen LogP contribution is -2.39. The van der Waals surface area contributed by atoms with Crippen LogP contribution in [-0.2, 0) is 12.8 Å². The van der Waals surface area contributed by atoms with Crippen molar-refractivity contribution in [3.05, 3.63) is 49.9 Å². The zero-order valence-electron chi connectivity index (χ0n) is 13.6. The van der Waals surface area contributed by atoms with Gasteiger partial charge in [-0.25, -0.2) is 4.98 Å². The van der Waals surface area contributed by atoms with Crippen molar-refractivity contribution in [1.29, 1.82) is 0 Å². The number of guanidine groups is 1. The van der Waals surface area contributed by atoms with Gasteiger partial charge in [-0.05, 0) is 31.0 Å². The van der Waals surface area contributed by atoms with E-state index in [2.05, 4.69) is 26.0 Å². The summed E-state index contributed by atoms with van der Waals surface area (Å²) in [7, 11) is 1.75. The number of benzene rings is 1. The van der Waals surface area contributed by atoms with E-state index in [0.29, 0.717) is 16.6 Å². The van der Waals surface area contributed by atoms with Gasteiger partial charge in [-0.2, -0.15) is 0 Å². The highest BCUT2D eigenvalue weighted by molar-refractivity contribution is 14.0. The molecule has 2 aromatic rings. The molecule has 1 heterocycles. The number of aliphatic imine (C=N–C) groups is 1. The minimum absolute atomic E-state index is 0. The number of halogens is 3. The Morgan fingerprint density at radius 1 is 1.17 bits per heavy atom. The number of hydrogen-bond acceptors (Lipinski definition) is 3. The molecule has 0 amide bonds. The van der Waals surface area contributed by atoms with Crippen LogP contribution in [0, 0.1) is 6.92 Å². The van der Waals surface area contributed by atoms with Gasteiger partial charge in [0.15, 0.2) is 5.96 Å². The van der Waals surface area contributed by atoms with Gasteiger partial charge in [-0.1, -0.05) is 29.3 Å². The van der Waals surface area contributed by atoms with Crippen LogP contribution in [0.1, 0.15) is 16.3 Å². The van der Waals surface area contributed by atoms with E-state index < -0.39 is 0 Å². The molecule has 4 nitrogen and oxygen atoms in total. The highest BCUT2D eigenvalue weighted by atomic mass is 127. The van der Waals surface area contributed by atoms with Crippen molar-refractivity contribution in [2.45, 2.75) is 19.8 Å². The van der Waals surface area contributed by atoms with Crippen LogP contribution < -0.4 is 10.6 Å². The Kier molecular flexibility index (Phi) is 9.95. The summed E-state index contributed by atoms with van der Waals surface area (Å²) in [5.41, 5.74) is 2.06. The smallest absolute Gasteiger partial charge is 0.190 e. The Morgan fingerprint density at radius 2 is 1.79 bits per heavy atom. The van der Waals surface area contributed by atoms with Crippen LogP contribution in [0.5, 0.6) is 0 Å². The van der Waals surface area contributed by atoms with Crippen LogP contribution in [0.3, 0.4) is 0 Å². The quantitative estimate of drug-likeness (QED) is 0.354. The Morgan fingerprint density at radius 3 is 2.33 bits per heavy atom. The lowest BCUT2D eigenvalue weighted by molar-refractivity contribution is 0.777. The molecule has 2 N–H and O–H groups in total. The van der Waals surface area contributed by atoms with Gasteiger partial charge in [0.1, 0.15) is 0 Å². The summed E-state index contributed by atoms with van der Waals surface area (Å²) in [5.74, 6) is 0.764. The maximum absolute atomic E-state index is 6.17. The second kappa shape index (κ2) is 11.1. The number of aromatic nitrogens is 1. The Labute approximate surface area is 174 Å². The number of nitrogens with one attached hydrogen (secondary N) is 2. The number of rotatable bonds is 6. The third-order valence-electron chi connectivity index (χ3n) is 3.29. The van der Waals surface area contributed by atoms with Crippen molar-refractivity contribution in [2.24, 2.45) is 4.99 Å². The zero-order chi connectivity index (χ0) is 16.7. The van der Waals surface area contributed by atoms with E-state index in [4.69, 9.17) is 23.2 Å². The van der Waals surface area contributed by atoms with E-state index in [9.17, 15) is 0 Å². The molecule has 1 aromatic heterocycles. The molecule has 0 saturated carbocycles. The fourth-order valence-corrected chi connectivity index (χ4v) is 3.36. The number of nitrogens with zero attached hydrogens (tertiary/aromatic N) is 2. The number of aryl methyl sites for hydroxylation is 1. The first-order valence-electron chi connectivity index (χ1n) is 7.38. The predicted octanol–water partition coefficient (Wildman–Crippen LogP) is 4.33. The molecule has 0 aliphatic rings. The highest BCUT2D eigenvalue weighted by Crippen LogP contribution is 2.24. The molecule has 0 fully saturated rings. The van der Waals surface area contributed by atoms with Crippen molar-refractivity contribution in [3.63, 3.8) is 0 Å². The summed E-state index contributed by atoms with van der Waals surface area (Å²) < 4.78 is 0. The highest BCUT2D eigenvalue weighted by Gasteiger charge is 2.06. The SMILES string of the molecule is CN=C(NCCc1csc(C)n1)NCCc1c(Cl)cccc1Cl.I. The fourth-order valence-electron chi connectivity index (χ4n) is 2.13. The average molecular weight is 499 g/mol. The van der Waals surface area contributed by atoms with Gasteiger partial charge >= 0.3 is 0 Å². The topological polar surface area (TPSA) is 49.3 Å².